The minimum Gasteiger partial charge on any atom is -0.348 e. The number of fused-ring (bicyclic) bond motifs is 1. The number of urea groups is 1. The number of nitrogens with one attached hydrogen (secondary N) is 1. The molecule has 0 unspecified atom stereocenters. The van der Waals surface area contributed by atoms with Gasteiger partial charge in [0, 0.05) is 51.7 Å². The predicted molar refractivity (Wildman–Crippen MR) is 160 cm³/mol. The molecule has 2 aliphatic rings. The van der Waals surface area contributed by atoms with E-state index in [2.05, 4.69) is 15.3 Å². The van der Waals surface area contributed by atoms with Crippen LogP contribution in [0.5, 0.6) is 0 Å². The molecular weight excluding hydrogens is 595 g/mol. The highest BCUT2D eigenvalue weighted by Crippen LogP contribution is 2.25. The lowest BCUT2D eigenvalue weighted by molar-refractivity contribution is -0.144. The van der Waals surface area contributed by atoms with Gasteiger partial charge in [-0.15, -0.1) is 0 Å². The molecule has 13 nitrogen and oxygen atoms in total. The highest BCUT2D eigenvalue weighted by molar-refractivity contribution is 6.30. The second-order valence-corrected chi connectivity index (χ2v) is 11.7. The Morgan fingerprint density at radius 1 is 1.14 bits per heavy atom. The first-order valence-corrected chi connectivity index (χ1v) is 14.4. The molecule has 0 radical (unpaired) electrons. The summed E-state index contributed by atoms with van der Waals surface area (Å²) in [5, 5.41) is 3.24. The van der Waals surface area contributed by atoms with Gasteiger partial charge in [0.2, 0.25) is 11.8 Å². The topological polar surface area (TPSA) is 141 Å². The van der Waals surface area contributed by atoms with Crippen molar-refractivity contribution in [3.63, 3.8) is 0 Å². The van der Waals surface area contributed by atoms with Crippen molar-refractivity contribution >= 4 is 52.3 Å². The van der Waals surface area contributed by atoms with E-state index in [0.717, 1.165) is 10.1 Å². The first-order chi connectivity index (χ1) is 20.8. The molecule has 0 bridgehead atoms. The van der Waals surface area contributed by atoms with Gasteiger partial charge in [0.15, 0.2) is 11.5 Å². The average Bonchev–Trinajstić information content (AvgIpc) is 3.34. The zero-order valence-corrected chi connectivity index (χ0v) is 25.3. The molecule has 0 aliphatic carbocycles. The fraction of sp³-hybridized carbons (Fsp3) is 0.414. The number of carbonyl (C=O) groups excluding carboxylic acids is 4. The highest BCUT2D eigenvalue weighted by atomic mass is 35.5. The third-order valence-corrected chi connectivity index (χ3v) is 7.94. The van der Waals surface area contributed by atoms with Crippen molar-refractivity contribution in [3.8, 4) is 0 Å². The van der Waals surface area contributed by atoms with Crippen LogP contribution in [-0.4, -0.2) is 105 Å². The predicted octanol–water partition coefficient (Wildman–Crippen LogP) is 1.67. The van der Waals surface area contributed by atoms with Crippen LogP contribution in [0.3, 0.4) is 0 Å². The number of carbonyl (C=O) groups is 4. The smallest absolute Gasteiger partial charge is 0.325 e. The lowest BCUT2D eigenvalue weighted by Crippen LogP contribution is -2.60. The maximum absolute atomic E-state index is 14.1. The maximum atomic E-state index is 14.1. The Morgan fingerprint density at radius 2 is 1.84 bits per heavy atom. The number of hydrogen-bond acceptors (Lipinski definition) is 7. The van der Waals surface area contributed by atoms with Gasteiger partial charge < -0.3 is 20.0 Å². The van der Waals surface area contributed by atoms with Crippen LogP contribution < -0.4 is 15.8 Å². The summed E-state index contributed by atoms with van der Waals surface area (Å²) in [6, 6.07) is 7.78. The molecule has 4 heterocycles. The minimum atomic E-state index is -1.50. The molecule has 0 saturated carbocycles. The third kappa shape index (κ3) is 6.49. The van der Waals surface area contributed by atoms with Gasteiger partial charge in [0.05, 0.1) is 19.3 Å². The Labute approximate surface area is 257 Å². The summed E-state index contributed by atoms with van der Waals surface area (Å²) >= 11 is 5.94. The number of likely N-dealkylation sites (tertiary alicyclic amines) is 1. The summed E-state index contributed by atoms with van der Waals surface area (Å²) in [6.45, 7) is 3.67. The highest BCUT2D eigenvalue weighted by Gasteiger charge is 2.41. The number of rotatable bonds is 9. The van der Waals surface area contributed by atoms with E-state index in [-0.39, 0.29) is 54.1 Å². The molecule has 44 heavy (non-hydrogen) atoms. The van der Waals surface area contributed by atoms with Gasteiger partial charge >= 0.3 is 6.03 Å². The number of anilines is 1. The van der Waals surface area contributed by atoms with Gasteiger partial charge in [-0.3, -0.25) is 28.6 Å². The molecule has 3 aromatic rings. The van der Waals surface area contributed by atoms with Crippen LogP contribution in [-0.2, 0) is 22.7 Å². The van der Waals surface area contributed by atoms with E-state index in [0.29, 0.717) is 31.2 Å². The van der Waals surface area contributed by atoms with Crippen LogP contribution in [0.4, 0.5) is 15.0 Å². The molecule has 5 amide bonds. The molecule has 0 spiro atoms. The van der Waals surface area contributed by atoms with Crippen LogP contribution in [0.1, 0.15) is 29.8 Å². The third-order valence-electron chi connectivity index (χ3n) is 7.69. The van der Waals surface area contributed by atoms with E-state index < -0.39 is 29.6 Å². The van der Waals surface area contributed by atoms with Crippen molar-refractivity contribution in [2.75, 3.05) is 51.2 Å². The fourth-order valence-corrected chi connectivity index (χ4v) is 5.17. The lowest BCUT2D eigenvalue weighted by atomic mass is 9.99. The molecule has 1 aromatic carbocycles. The monoisotopic (exact) mass is 626 g/mol. The van der Waals surface area contributed by atoms with Crippen molar-refractivity contribution in [2.45, 2.75) is 32.6 Å². The minimum absolute atomic E-state index is 0.0384. The number of pyridine rings is 1. The van der Waals surface area contributed by atoms with Crippen LogP contribution in [0.2, 0.25) is 5.02 Å². The molecule has 1 N–H and O–H groups in total. The standard InChI is InChI=1S/C29H32ClFN8O5/c1-18(40)35(3)8-9-36-10-11-38(28(36)44)23-14-32-25-22(34-23)12-21(26(42)33-13-19-4-6-20(30)7-5-19)27(43)39(25)15-24(41)37-16-29(2,31)17-37/h4-7,12,14H,8-11,13,15-17H2,1-3H3,(H,33,42). The molecule has 2 aliphatic heterocycles. The summed E-state index contributed by atoms with van der Waals surface area (Å²) in [5.74, 6) is -1.11. The van der Waals surface area contributed by atoms with Crippen LogP contribution >= 0.6 is 11.6 Å². The molecule has 2 fully saturated rings. The molecule has 2 aromatic heterocycles. The maximum Gasteiger partial charge on any atom is 0.325 e. The number of halogens is 2. The SMILES string of the molecule is CC(=O)N(C)CCN1CCN(c2cnc3c(cc(C(=O)NCc4ccc(Cl)cc4)c(=O)n3CC(=O)N3CC(C)(F)C3)n2)C1=O. The lowest BCUT2D eigenvalue weighted by Gasteiger charge is -2.42. The van der Waals surface area contributed by atoms with Gasteiger partial charge in [-0.05, 0) is 30.7 Å². The Morgan fingerprint density at radius 3 is 2.50 bits per heavy atom. The van der Waals surface area contributed by atoms with E-state index in [1.807, 2.05) is 0 Å². The number of nitrogens with zero attached hydrogens (tertiary/aromatic N) is 7. The number of hydrogen-bond donors (Lipinski definition) is 1. The number of likely N-dealkylation sites (N-methyl/N-ethyl adjacent to an activating group) is 1. The molecule has 232 valence electrons. The number of benzene rings is 1. The average molecular weight is 627 g/mol. The van der Waals surface area contributed by atoms with E-state index in [9.17, 15) is 28.4 Å². The largest absolute Gasteiger partial charge is 0.348 e. The Bertz CT molecular complexity index is 1690. The van der Waals surface area contributed by atoms with Crippen LogP contribution in [0.15, 0.2) is 41.3 Å². The number of alkyl halides is 1. The summed E-state index contributed by atoms with van der Waals surface area (Å²) in [7, 11) is 1.65. The first-order valence-electron chi connectivity index (χ1n) is 14.0. The molecule has 5 rings (SSSR count). The molecule has 2 saturated heterocycles. The quantitative estimate of drug-likeness (QED) is 0.381. The Hall–Kier alpha value is -4.59. The van der Waals surface area contributed by atoms with E-state index in [4.69, 9.17) is 11.6 Å². The van der Waals surface area contributed by atoms with Crippen LogP contribution in [0, 0.1) is 0 Å². The second kappa shape index (κ2) is 12.2. The summed E-state index contributed by atoms with van der Waals surface area (Å²) in [6.07, 6.45) is 1.33. The van der Waals surface area contributed by atoms with Gasteiger partial charge in [-0.25, -0.2) is 19.2 Å². The normalized spacial score (nSPS) is 15.8. The first kappa shape index (κ1) is 30.9. The Balaban J connectivity index is 1.44. The second-order valence-electron chi connectivity index (χ2n) is 11.2. The van der Waals surface area contributed by atoms with Crippen LogP contribution in [0.25, 0.3) is 11.2 Å². The van der Waals surface area contributed by atoms with Crippen molar-refractivity contribution < 1.29 is 23.6 Å². The molecule has 15 heteroatoms. The van der Waals surface area contributed by atoms with E-state index in [1.165, 1.54) is 40.8 Å². The van der Waals surface area contributed by atoms with E-state index >= 15 is 0 Å². The van der Waals surface area contributed by atoms with Crippen molar-refractivity contribution in [1.29, 1.82) is 0 Å². The molecule has 0 atom stereocenters. The Kier molecular flexibility index (Phi) is 8.55. The number of amides is 5. The van der Waals surface area contributed by atoms with Crippen molar-refractivity contribution in [3.05, 3.63) is 63.0 Å². The van der Waals surface area contributed by atoms with Gasteiger partial charge in [0.25, 0.3) is 11.5 Å². The summed E-state index contributed by atoms with van der Waals surface area (Å²) in [5.41, 5.74) is -1.63. The summed E-state index contributed by atoms with van der Waals surface area (Å²) in [4.78, 5) is 79.2. The van der Waals surface area contributed by atoms with Gasteiger partial charge in [0.1, 0.15) is 23.3 Å². The van der Waals surface area contributed by atoms with Crippen molar-refractivity contribution in [1.82, 2.24) is 34.6 Å². The van der Waals surface area contributed by atoms with Gasteiger partial charge in [-0.1, -0.05) is 23.7 Å². The van der Waals surface area contributed by atoms with Crippen molar-refractivity contribution in [2.24, 2.45) is 0 Å². The number of aromatic nitrogens is 3. The zero-order valence-electron chi connectivity index (χ0n) is 24.5. The summed E-state index contributed by atoms with van der Waals surface area (Å²) < 4.78 is 15.1. The fourth-order valence-electron chi connectivity index (χ4n) is 5.04. The zero-order chi connectivity index (χ0) is 31.8. The van der Waals surface area contributed by atoms with E-state index in [1.54, 1.807) is 36.2 Å². The van der Waals surface area contributed by atoms with Gasteiger partial charge in [-0.2, -0.15) is 0 Å². The molecular formula is C29H32ClFN8O5.